The Kier molecular flexibility index (Phi) is 8.21. The normalized spacial score (nSPS) is 24.0. The summed E-state index contributed by atoms with van der Waals surface area (Å²) in [4.78, 5) is 37.6. The van der Waals surface area contributed by atoms with E-state index >= 15 is 0 Å². The van der Waals surface area contributed by atoms with Crippen molar-refractivity contribution in [2.75, 3.05) is 12.4 Å². The number of ether oxygens (including phenoxy) is 5. The Bertz CT molecular complexity index is 1710. The molecule has 2 aromatic carbocycles. The van der Waals surface area contributed by atoms with Crippen LogP contribution < -0.4 is 26.1 Å². The Morgan fingerprint density at radius 3 is 2.53 bits per heavy atom. The first-order valence-electron chi connectivity index (χ1n) is 14.2. The maximum Gasteiger partial charge on any atom is 0.404 e. The van der Waals surface area contributed by atoms with E-state index in [1.54, 1.807) is 46.8 Å². The van der Waals surface area contributed by atoms with Gasteiger partial charge >= 0.3 is 11.7 Å². The third kappa shape index (κ3) is 6.01. The molecule has 2 aliphatic rings. The van der Waals surface area contributed by atoms with Gasteiger partial charge in [0, 0.05) is 24.7 Å². The maximum absolute atomic E-state index is 13.1. The topological polar surface area (TPSA) is 209 Å². The third-order valence-electron chi connectivity index (χ3n) is 8.04. The monoisotopic (exact) mass is 628 g/mol. The number of carbonyl (C=O) groups is 2. The van der Waals surface area contributed by atoms with E-state index in [2.05, 4.69) is 5.32 Å². The molecular formula is C31H36N2O12. The molecule has 1 aromatic heterocycles. The number of aryl methyl sites for hydroxylation is 1. The van der Waals surface area contributed by atoms with Crippen LogP contribution in [-0.4, -0.2) is 76.3 Å². The van der Waals surface area contributed by atoms with E-state index in [-0.39, 0.29) is 27.8 Å². The van der Waals surface area contributed by atoms with Gasteiger partial charge in [-0.3, -0.25) is 4.79 Å². The lowest BCUT2D eigenvalue weighted by atomic mass is 9.89. The number of fused-ring (bicyclic) bond motifs is 2. The standard InChI is InChI=1S/C31H36N2O12/c1-13-17(42-28-22(35)24(44-29(32)38)25(40-6)31(4,5)45-28)10-8-16-21(34)20(27(37)43-23(13)16)33-26(36)14-7-9-18-15(11-14)12-19(41-18)30(2,3)39/h7-11,19,22,24-25,28,34-35,39H,12H2,1-6H3,(H2,32,38)(H,33,36)/t19-,22+,24-,25+,28+/m0/s1. The molecule has 5 atom stereocenters. The molecule has 0 radical (unpaired) electrons. The first-order valence-corrected chi connectivity index (χ1v) is 14.2. The number of aliphatic hydroxyl groups is 2. The van der Waals surface area contributed by atoms with Gasteiger partial charge in [-0.15, -0.1) is 0 Å². The van der Waals surface area contributed by atoms with Crippen molar-refractivity contribution in [1.29, 1.82) is 0 Å². The molecule has 5 rings (SSSR count). The number of aliphatic hydroxyl groups excluding tert-OH is 1. The summed E-state index contributed by atoms with van der Waals surface area (Å²) in [6.45, 7) is 8.14. The van der Waals surface area contributed by atoms with Crippen LogP contribution in [0, 0.1) is 6.92 Å². The highest BCUT2D eigenvalue weighted by molar-refractivity contribution is 6.06. The second-order valence-corrected chi connectivity index (χ2v) is 12.2. The molecule has 242 valence electrons. The third-order valence-corrected chi connectivity index (χ3v) is 8.04. The van der Waals surface area contributed by atoms with Crippen LogP contribution in [0.4, 0.5) is 10.5 Å². The Morgan fingerprint density at radius 1 is 1.18 bits per heavy atom. The molecule has 0 saturated carbocycles. The number of anilines is 1. The van der Waals surface area contributed by atoms with Crippen molar-refractivity contribution in [1.82, 2.24) is 0 Å². The lowest BCUT2D eigenvalue weighted by Crippen LogP contribution is -2.65. The Hall–Kier alpha value is -4.37. The summed E-state index contributed by atoms with van der Waals surface area (Å²) in [6.07, 6.45) is -6.20. The average Bonchev–Trinajstić information content (AvgIpc) is 3.39. The minimum absolute atomic E-state index is 0.0374. The number of methoxy groups -OCH3 is 1. The van der Waals surface area contributed by atoms with Gasteiger partial charge in [0.25, 0.3) is 5.91 Å². The van der Waals surface area contributed by atoms with Gasteiger partial charge in [-0.1, -0.05) is 0 Å². The number of nitrogens with one attached hydrogen (secondary N) is 1. The summed E-state index contributed by atoms with van der Waals surface area (Å²) in [5.41, 5.74) is 2.70. The molecular weight excluding hydrogens is 592 g/mol. The highest BCUT2D eigenvalue weighted by Gasteiger charge is 2.53. The second-order valence-electron chi connectivity index (χ2n) is 12.2. The first-order chi connectivity index (χ1) is 21.0. The van der Waals surface area contributed by atoms with Crippen molar-refractivity contribution in [2.45, 2.75) is 82.9 Å². The lowest BCUT2D eigenvalue weighted by Gasteiger charge is -2.47. The fourth-order valence-corrected chi connectivity index (χ4v) is 5.64. The van der Waals surface area contributed by atoms with Gasteiger partial charge in [-0.05, 0) is 70.5 Å². The van der Waals surface area contributed by atoms with Crippen LogP contribution in [0.2, 0.25) is 0 Å². The molecule has 14 heteroatoms. The molecule has 1 saturated heterocycles. The summed E-state index contributed by atoms with van der Waals surface area (Å²) >= 11 is 0. The number of amides is 2. The predicted molar refractivity (Wildman–Crippen MR) is 159 cm³/mol. The van der Waals surface area contributed by atoms with Crippen LogP contribution >= 0.6 is 0 Å². The van der Waals surface area contributed by atoms with Gasteiger partial charge in [0.1, 0.15) is 29.3 Å². The number of hydrogen-bond acceptors (Lipinski definition) is 12. The molecule has 0 spiro atoms. The van der Waals surface area contributed by atoms with Gasteiger partial charge in [0.2, 0.25) is 6.29 Å². The molecule has 0 unspecified atom stereocenters. The van der Waals surface area contributed by atoms with E-state index in [1.807, 2.05) is 0 Å². The number of rotatable bonds is 7. The summed E-state index contributed by atoms with van der Waals surface area (Å²) in [6, 6.07) is 7.57. The van der Waals surface area contributed by atoms with Crippen LogP contribution in [0.25, 0.3) is 11.0 Å². The predicted octanol–water partition coefficient (Wildman–Crippen LogP) is 2.49. The summed E-state index contributed by atoms with van der Waals surface area (Å²) in [5, 5.41) is 34.8. The highest BCUT2D eigenvalue weighted by atomic mass is 16.7. The number of aromatic hydroxyl groups is 1. The Balaban J connectivity index is 1.40. The quantitative estimate of drug-likeness (QED) is 0.239. The lowest BCUT2D eigenvalue weighted by molar-refractivity contribution is -0.304. The molecule has 2 amide bonds. The van der Waals surface area contributed by atoms with Crippen LogP contribution in [0.1, 0.15) is 49.2 Å². The van der Waals surface area contributed by atoms with Crippen LogP contribution in [0.3, 0.4) is 0 Å². The van der Waals surface area contributed by atoms with Crippen molar-refractivity contribution in [2.24, 2.45) is 5.73 Å². The molecule has 0 aliphatic carbocycles. The molecule has 0 bridgehead atoms. The van der Waals surface area contributed by atoms with Crippen LogP contribution in [0.5, 0.6) is 17.2 Å². The van der Waals surface area contributed by atoms with E-state index in [0.717, 1.165) is 0 Å². The SMILES string of the molecule is CO[C@@H]1[C@@H](OC(N)=O)[C@@H](O)[C@H](Oc2ccc3c(O)c(NC(=O)c4ccc5c(c4)C[C@@H](C(C)(C)O)O5)c(=O)oc3c2C)OC1(C)C. The molecule has 2 aliphatic heterocycles. The summed E-state index contributed by atoms with van der Waals surface area (Å²) in [5.74, 6) is -0.524. The number of hydrogen-bond donors (Lipinski definition) is 5. The van der Waals surface area contributed by atoms with E-state index in [0.29, 0.717) is 17.7 Å². The molecule has 1 fully saturated rings. The fraction of sp³-hybridized carbons (Fsp3) is 0.452. The largest absolute Gasteiger partial charge is 0.505 e. The highest BCUT2D eigenvalue weighted by Crippen LogP contribution is 2.39. The van der Waals surface area contributed by atoms with Crippen LogP contribution in [0.15, 0.2) is 39.5 Å². The van der Waals surface area contributed by atoms with Gasteiger partial charge in [0.05, 0.1) is 16.6 Å². The second kappa shape index (κ2) is 11.5. The minimum atomic E-state index is -1.52. The zero-order chi connectivity index (χ0) is 33.0. The van der Waals surface area contributed by atoms with Crippen molar-refractivity contribution in [3.8, 4) is 17.2 Å². The fourth-order valence-electron chi connectivity index (χ4n) is 5.64. The van der Waals surface area contributed by atoms with Crippen molar-refractivity contribution in [3.05, 3.63) is 57.4 Å². The molecule has 3 heterocycles. The van der Waals surface area contributed by atoms with E-state index in [1.165, 1.54) is 25.3 Å². The Labute approximate surface area is 257 Å². The number of primary amides is 1. The van der Waals surface area contributed by atoms with Crippen molar-refractivity contribution < 1.29 is 53.0 Å². The minimum Gasteiger partial charge on any atom is -0.505 e. The van der Waals surface area contributed by atoms with E-state index in [9.17, 15) is 29.7 Å². The molecule has 14 nitrogen and oxygen atoms in total. The van der Waals surface area contributed by atoms with E-state index < -0.39 is 71.0 Å². The van der Waals surface area contributed by atoms with Crippen molar-refractivity contribution >= 4 is 28.7 Å². The number of carbonyl (C=O) groups excluding carboxylic acids is 2. The maximum atomic E-state index is 13.1. The zero-order valence-corrected chi connectivity index (χ0v) is 25.6. The molecule has 45 heavy (non-hydrogen) atoms. The van der Waals surface area contributed by atoms with Crippen molar-refractivity contribution in [3.63, 3.8) is 0 Å². The molecule has 3 aromatic rings. The Morgan fingerprint density at radius 2 is 1.89 bits per heavy atom. The van der Waals surface area contributed by atoms with Gasteiger partial charge in [-0.25, -0.2) is 9.59 Å². The first kappa shape index (κ1) is 32.0. The zero-order valence-electron chi connectivity index (χ0n) is 25.6. The molecule has 6 N–H and O–H groups in total. The van der Waals surface area contributed by atoms with Gasteiger partial charge in [0.15, 0.2) is 23.6 Å². The van der Waals surface area contributed by atoms with E-state index in [4.69, 9.17) is 33.8 Å². The van der Waals surface area contributed by atoms with Crippen LogP contribution in [-0.2, 0) is 20.6 Å². The smallest absolute Gasteiger partial charge is 0.404 e. The summed E-state index contributed by atoms with van der Waals surface area (Å²) in [7, 11) is 1.37. The average molecular weight is 629 g/mol. The number of nitrogens with two attached hydrogens (primary N) is 1. The summed E-state index contributed by atoms with van der Waals surface area (Å²) < 4.78 is 33.7. The van der Waals surface area contributed by atoms with Gasteiger partial charge < -0.3 is 54.5 Å². The number of benzene rings is 2. The van der Waals surface area contributed by atoms with Gasteiger partial charge in [-0.2, -0.15) is 0 Å².